The molecule has 4 heteroatoms. The largest absolute Gasteiger partial charge is 0.366 e. The fourth-order valence-electron chi connectivity index (χ4n) is 1.40. The zero-order chi connectivity index (χ0) is 13.4. The number of nitrogens with one attached hydrogen (secondary N) is 1. The number of carbonyl (C=O) groups excluding carboxylic acids is 2. The van der Waals surface area contributed by atoms with Gasteiger partial charge in [-0.25, -0.2) is 0 Å². The van der Waals surface area contributed by atoms with E-state index in [1.807, 2.05) is 31.2 Å². The van der Waals surface area contributed by atoms with E-state index < -0.39 is 5.91 Å². The van der Waals surface area contributed by atoms with Crippen LogP contribution in [0.2, 0.25) is 0 Å². The molecule has 1 aromatic rings. The first kappa shape index (κ1) is 13.7. The Morgan fingerprint density at radius 2 is 2.00 bits per heavy atom. The van der Waals surface area contributed by atoms with E-state index in [4.69, 9.17) is 5.73 Å². The molecule has 0 radical (unpaired) electrons. The van der Waals surface area contributed by atoms with Crippen molar-refractivity contribution in [2.75, 3.05) is 0 Å². The Morgan fingerprint density at radius 3 is 2.56 bits per heavy atom. The summed E-state index contributed by atoms with van der Waals surface area (Å²) in [7, 11) is 0. The topological polar surface area (TPSA) is 72.2 Å². The van der Waals surface area contributed by atoms with E-state index >= 15 is 0 Å². The number of amides is 2. The van der Waals surface area contributed by atoms with Crippen molar-refractivity contribution in [2.45, 2.75) is 13.3 Å². The second kappa shape index (κ2) is 7.06. The van der Waals surface area contributed by atoms with E-state index in [0.717, 1.165) is 17.6 Å². The number of primary amides is 1. The Hall–Kier alpha value is -2.36. The van der Waals surface area contributed by atoms with Crippen molar-refractivity contribution in [3.63, 3.8) is 0 Å². The van der Waals surface area contributed by atoms with Crippen LogP contribution in [0.3, 0.4) is 0 Å². The van der Waals surface area contributed by atoms with Crippen LogP contribution in [-0.4, -0.2) is 12.3 Å². The lowest BCUT2D eigenvalue weighted by molar-refractivity contribution is -0.108. The Bertz CT molecular complexity index is 473. The van der Waals surface area contributed by atoms with Crippen LogP contribution in [0.5, 0.6) is 0 Å². The third kappa shape index (κ3) is 4.65. The van der Waals surface area contributed by atoms with Gasteiger partial charge in [0.25, 0.3) is 0 Å². The zero-order valence-electron chi connectivity index (χ0n) is 10.2. The average molecular weight is 244 g/mol. The van der Waals surface area contributed by atoms with Gasteiger partial charge < -0.3 is 11.1 Å². The fraction of sp³-hybridized carbons (Fsp3) is 0.143. The van der Waals surface area contributed by atoms with Gasteiger partial charge in [-0.1, -0.05) is 24.3 Å². The van der Waals surface area contributed by atoms with E-state index in [0.29, 0.717) is 12.0 Å². The summed E-state index contributed by atoms with van der Waals surface area (Å²) in [5.41, 5.74) is 7.71. The molecule has 4 nitrogen and oxygen atoms in total. The van der Waals surface area contributed by atoms with Crippen LogP contribution in [0.1, 0.15) is 22.8 Å². The summed E-state index contributed by atoms with van der Waals surface area (Å²) in [6.45, 7) is 1.89. The molecule has 0 atom stereocenters. The zero-order valence-corrected chi connectivity index (χ0v) is 10.2. The third-order valence-electron chi connectivity index (χ3n) is 2.35. The van der Waals surface area contributed by atoms with Gasteiger partial charge in [0.05, 0.1) is 0 Å². The lowest BCUT2D eigenvalue weighted by Crippen LogP contribution is -2.10. The predicted molar refractivity (Wildman–Crippen MR) is 70.8 cm³/mol. The van der Waals surface area contributed by atoms with Gasteiger partial charge in [0.2, 0.25) is 12.3 Å². The van der Waals surface area contributed by atoms with E-state index in [1.54, 1.807) is 18.3 Å². The maximum absolute atomic E-state index is 10.9. The summed E-state index contributed by atoms with van der Waals surface area (Å²) in [5, 5.41) is 2.47. The highest BCUT2D eigenvalue weighted by Gasteiger charge is 1.98. The Morgan fingerprint density at radius 1 is 1.33 bits per heavy atom. The molecule has 0 aliphatic heterocycles. The molecule has 1 aromatic carbocycles. The van der Waals surface area contributed by atoms with Crippen molar-refractivity contribution >= 4 is 12.3 Å². The highest BCUT2D eigenvalue weighted by atomic mass is 16.1. The summed E-state index contributed by atoms with van der Waals surface area (Å²) in [6, 6.07) is 7.16. The molecule has 1 rings (SSSR count). The molecule has 0 aliphatic carbocycles. The molecule has 0 aromatic heterocycles. The lowest BCUT2D eigenvalue weighted by Gasteiger charge is -1.98. The van der Waals surface area contributed by atoms with Crippen LogP contribution in [-0.2, 0) is 11.2 Å². The van der Waals surface area contributed by atoms with Crippen molar-refractivity contribution < 1.29 is 9.59 Å². The molecule has 18 heavy (non-hydrogen) atoms. The average Bonchev–Trinajstić information content (AvgIpc) is 2.37. The molecular formula is C14H16N2O2. The minimum absolute atomic E-state index is 0.421. The number of benzene rings is 1. The monoisotopic (exact) mass is 244 g/mol. The first-order valence-electron chi connectivity index (χ1n) is 5.55. The van der Waals surface area contributed by atoms with Gasteiger partial charge in [0, 0.05) is 11.8 Å². The van der Waals surface area contributed by atoms with E-state index in [1.165, 1.54) is 0 Å². The van der Waals surface area contributed by atoms with Crippen molar-refractivity contribution in [2.24, 2.45) is 5.73 Å². The smallest absolute Gasteiger partial charge is 0.248 e. The molecule has 3 N–H and O–H groups in total. The summed E-state index contributed by atoms with van der Waals surface area (Å²) >= 11 is 0. The Balaban J connectivity index is 2.55. The molecule has 0 unspecified atom stereocenters. The van der Waals surface area contributed by atoms with Crippen LogP contribution in [0.25, 0.3) is 0 Å². The van der Waals surface area contributed by atoms with Crippen molar-refractivity contribution in [3.05, 3.63) is 59.3 Å². The van der Waals surface area contributed by atoms with Crippen molar-refractivity contribution in [3.8, 4) is 0 Å². The van der Waals surface area contributed by atoms with Gasteiger partial charge in [-0.2, -0.15) is 0 Å². The lowest BCUT2D eigenvalue weighted by atomic mass is 10.1. The summed E-state index contributed by atoms with van der Waals surface area (Å²) in [5.74, 6) is -0.421. The summed E-state index contributed by atoms with van der Waals surface area (Å²) in [4.78, 5) is 21.0. The maximum Gasteiger partial charge on any atom is 0.248 e. The second-order valence-corrected chi connectivity index (χ2v) is 3.84. The normalized spacial score (nSPS) is 11.5. The second-order valence-electron chi connectivity index (χ2n) is 3.84. The van der Waals surface area contributed by atoms with Crippen LogP contribution < -0.4 is 11.1 Å². The summed E-state index contributed by atoms with van der Waals surface area (Å²) in [6.07, 6.45) is 6.90. The molecule has 0 bridgehead atoms. The minimum Gasteiger partial charge on any atom is -0.366 e. The molecule has 0 spiro atoms. The van der Waals surface area contributed by atoms with Gasteiger partial charge in [-0.15, -0.1) is 0 Å². The number of hydrogen-bond donors (Lipinski definition) is 2. The molecule has 2 amide bonds. The number of hydrogen-bond acceptors (Lipinski definition) is 2. The predicted octanol–water partition coefficient (Wildman–Crippen LogP) is 1.53. The molecule has 0 saturated heterocycles. The molecule has 0 heterocycles. The van der Waals surface area contributed by atoms with Gasteiger partial charge in [-0.3, -0.25) is 9.59 Å². The van der Waals surface area contributed by atoms with Crippen LogP contribution >= 0.6 is 0 Å². The molecule has 0 saturated carbocycles. The minimum atomic E-state index is -0.421. The van der Waals surface area contributed by atoms with Crippen molar-refractivity contribution in [1.29, 1.82) is 0 Å². The van der Waals surface area contributed by atoms with Crippen LogP contribution in [0.4, 0.5) is 0 Å². The highest BCUT2D eigenvalue weighted by Crippen LogP contribution is 2.06. The van der Waals surface area contributed by atoms with Gasteiger partial charge in [-0.05, 0) is 36.6 Å². The number of rotatable bonds is 6. The maximum atomic E-state index is 10.9. The number of allylic oxidation sites excluding steroid dienone is 3. The summed E-state index contributed by atoms with van der Waals surface area (Å²) < 4.78 is 0. The standard InChI is InChI=1S/C14H16N2O2/c1-11(9-16-10-17)3-2-4-12-5-7-13(8-6-12)14(15)18/h2-3,5-10H,4H2,1H3,(H2,15,18)(H,16,17)/b3-2-,11-9-. The first-order valence-corrected chi connectivity index (χ1v) is 5.55. The molecule has 0 fully saturated rings. The van der Waals surface area contributed by atoms with Crippen LogP contribution in [0, 0.1) is 0 Å². The fourth-order valence-corrected chi connectivity index (χ4v) is 1.40. The third-order valence-corrected chi connectivity index (χ3v) is 2.35. The van der Waals surface area contributed by atoms with E-state index in [9.17, 15) is 9.59 Å². The highest BCUT2D eigenvalue weighted by molar-refractivity contribution is 5.92. The van der Waals surface area contributed by atoms with Crippen molar-refractivity contribution in [1.82, 2.24) is 5.32 Å². The van der Waals surface area contributed by atoms with Gasteiger partial charge >= 0.3 is 0 Å². The van der Waals surface area contributed by atoms with Gasteiger partial charge in [0.1, 0.15) is 0 Å². The number of carbonyl (C=O) groups is 2. The molecule has 0 aliphatic rings. The van der Waals surface area contributed by atoms with Crippen LogP contribution in [0.15, 0.2) is 48.2 Å². The number of nitrogens with two attached hydrogens (primary N) is 1. The first-order chi connectivity index (χ1) is 8.63. The van der Waals surface area contributed by atoms with E-state index in [-0.39, 0.29) is 0 Å². The SMILES string of the molecule is CC(/C=C\Cc1ccc(C(N)=O)cc1)=C/NC=O. The van der Waals surface area contributed by atoms with E-state index in [2.05, 4.69) is 5.32 Å². The van der Waals surface area contributed by atoms with Gasteiger partial charge in [0.15, 0.2) is 0 Å². The quantitative estimate of drug-likeness (QED) is 0.588. The Labute approximate surface area is 106 Å². The molecule has 94 valence electrons. The Kier molecular flexibility index (Phi) is 5.38. The molecular weight excluding hydrogens is 228 g/mol.